The Morgan fingerprint density at radius 2 is 1.89 bits per heavy atom. The van der Waals surface area contributed by atoms with Gasteiger partial charge in [-0.3, -0.25) is 4.90 Å². The van der Waals surface area contributed by atoms with Crippen LogP contribution in [0.1, 0.15) is 32.3 Å². The highest BCUT2D eigenvalue weighted by Crippen LogP contribution is 2.37. The Morgan fingerprint density at radius 1 is 1.21 bits per heavy atom. The lowest BCUT2D eigenvalue weighted by atomic mass is 9.90. The molecule has 0 spiro atoms. The maximum Gasteiger partial charge on any atom is 0.0676 e. The zero-order valence-corrected chi connectivity index (χ0v) is 14.6. The number of hydrogen-bond donors (Lipinski definition) is 0. The van der Waals surface area contributed by atoms with Crippen LogP contribution in [0, 0.1) is 17.2 Å². The van der Waals surface area contributed by atoms with Crippen molar-refractivity contribution in [2.24, 2.45) is 5.92 Å². The molecular formula is C15H18Br2N2. The summed E-state index contributed by atoms with van der Waals surface area (Å²) in [6.45, 7) is 8.44. The molecule has 0 aromatic heterocycles. The minimum Gasteiger partial charge on any atom is -0.297 e. The van der Waals surface area contributed by atoms with E-state index in [2.05, 4.69) is 75.7 Å². The maximum atomic E-state index is 9.41. The molecule has 0 radical (unpaired) electrons. The van der Waals surface area contributed by atoms with Gasteiger partial charge in [-0.1, -0.05) is 6.07 Å². The lowest BCUT2D eigenvalue weighted by molar-refractivity contribution is 0.170. The topological polar surface area (TPSA) is 27.0 Å². The fourth-order valence-electron chi connectivity index (χ4n) is 2.56. The molecule has 2 atom stereocenters. The van der Waals surface area contributed by atoms with Gasteiger partial charge in [-0.2, -0.15) is 5.26 Å². The van der Waals surface area contributed by atoms with Crippen LogP contribution in [0.15, 0.2) is 27.1 Å². The lowest BCUT2D eigenvalue weighted by Gasteiger charge is -2.31. The van der Waals surface area contributed by atoms with Crippen LogP contribution in [0.3, 0.4) is 0 Å². The van der Waals surface area contributed by atoms with Crippen molar-refractivity contribution in [3.05, 3.63) is 32.7 Å². The molecule has 102 valence electrons. The van der Waals surface area contributed by atoms with Crippen molar-refractivity contribution in [1.29, 1.82) is 5.26 Å². The fraction of sp³-hybridized carbons (Fsp3) is 0.533. The van der Waals surface area contributed by atoms with Crippen LogP contribution in [0.2, 0.25) is 0 Å². The summed E-state index contributed by atoms with van der Waals surface area (Å²) in [5.41, 5.74) is 1.37. The number of halogens is 2. The quantitative estimate of drug-likeness (QED) is 0.708. The lowest BCUT2D eigenvalue weighted by Crippen LogP contribution is -2.39. The molecule has 1 aliphatic heterocycles. The zero-order chi connectivity index (χ0) is 14.2. The van der Waals surface area contributed by atoms with E-state index in [0.29, 0.717) is 5.92 Å². The second-order valence-corrected chi connectivity index (χ2v) is 7.80. The Hall–Kier alpha value is -0.370. The molecule has 2 rings (SSSR count). The van der Waals surface area contributed by atoms with Crippen LogP contribution in [-0.4, -0.2) is 23.5 Å². The summed E-state index contributed by atoms with van der Waals surface area (Å²) in [5.74, 6) is 0.376. The summed E-state index contributed by atoms with van der Waals surface area (Å²) < 4.78 is 2.10. The van der Waals surface area contributed by atoms with Crippen LogP contribution in [-0.2, 0) is 0 Å². The van der Waals surface area contributed by atoms with Crippen molar-refractivity contribution in [3.8, 4) is 6.07 Å². The van der Waals surface area contributed by atoms with E-state index in [1.807, 2.05) is 6.07 Å². The first-order valence-electron chi connectivity index (χ1n) is 6.42. The highest BCUT2D eigenvalue weighted by atomic mass is 79.9. The van der Waals surface area contributed by atoms with Crippen LogP contribution in [0.25, 0.3) is 0 Å². The van der Waals surface area contributed by atoms with Gasteiger partial charge in [0.1, 0.15) is 0 Å². The predicted octanol–water partition coefficient (Wildman–Crippen LogP) is 4.55. The average Bonchev–Trinajstić information content (AvgIpc) is 2.76. The second kappa shape index (κ2) is 5.55. The average molecular weight is 386 g/mol. The molecule has 0 unspecified atom stereocenters. The van der Waals surface area contributed by atoms with E-state index in [-0.39, 0.29) is 11.5 Å². The van der Waals surface area contributed by atoms with Gasteiger partial charge in [0.25, 0.3) is 0 Å². The van der Waals surface area contributed by atoms with Crippen molar-refractivity contribution in [2.45, 2.75) is 32.2 Å². The first kappa shape index (κ1) is 15.0. The highest BCUT2D eigenvalue weighted by molar-refractivity contribution is 9.13. The Kier molecular flexibility index (Phi) is 4.39. The van der Waals surface area contributed by atoms with E-state index in [0.717, 1.165) is 22.0 Å². The minimum absolute atomic E-state index is 0.0762. The highest BCUT2D eigenvalue weighted by Gasteiger charge is 2.38. The number of rotatable bonds is 1. The smallest absolute Gasteiger partial charge is 0.0676 e. The molecule has 1 aromatic carbocycles. The molecule has 4 heteroatoms. The van der Waals surface area contributed by atoms with Crippen LogP contribution >= 0.6 is 31.9 Å². The predicted molar refractivity (Wildman–Crippen MR) is 85.0 cm³/mol. The van der Waals surface area contributed by atoms with Gasteiger partial charge < -0.3 is 0 Å². The van der Waals surface area contributed by atoms with Gasteiger partial charge in [-0.25, -0.2) is 0 Å². The van der Waals surface area contributed by atoms with Crippen molar-refractivity contribution in [1.82, 2.24) is 4.90 Å². The standard InChI is InChI=1S/C15H18Br2N2/c1-15(2,3)19-8-11(7-18)12(9-19)10-4-5-13(16)14(17)6-10/h4-6,11-12H,8-9H2,1-3H3/t11-,12+/m0/s1. The molecule has 0 N–H and O–H groups in total. The molecule has 1 heterocycles. The first-order chi connectivity index (χ1) is 8.82. The number of likely N-dealkylation sites (tertiary alicyclic amines) is 1. The fourth-order valence-corrected chi connectivity index (χ4v) is 3.21. The Morgan fingerprint density at radius 3 is 2.42 bits per heavy atom. The third-order valence-electron chi connectivity index (χ3n) is 3.81. The number of nitriles is 1. The van der Waals surface area contributed by atoms with Crippen molar-refractivity contribution < 1.29 is 0 Å². The molecule has 1 saturated heterocycles. The summed E-state index contributed by atoms with van der Waals surface area (Å²) in [6.07, 6.45) is 0. The summed E-state index contributed by atoms with van der Waals surface area (Å²) in [5, 5.41) is 9.41. The van der Waals surface area contributed by atoms with Gasteiger partial charge >= 0.3 is 0 Å². The van der Waals surface area contributed by atoms with Crippen LogP contribution in [0.5, 0.6) is 0 Å². The van der Waals surface area contributed by atoms with Crippen LogP contribution in [0.4, 0.5) is 0 Å². The monoisotopic (exact) mass is 384 g/mol. The van der Waals surface area contributed by atoms with Crippen molar-refractivity contribution in [3.63, 3.8) is 0 Å². The molecule has 0 aliphatic carbocycles. The molecule has 2 nitrogen and oxygen atoms in total. The van der Waals surface area contributed by atoms with Gasteiger partial charge in [0.05, 0.1) is 12.0 Å². The summed E-state index contributed by atoms with van der Waals surface area (Å²) >= 11 is 7.04. The van der Waals surface area contributed by atoms with E-state index in [9.17, 15) is 5.26 Å². The Bertz CT molecular complexity index is 514. The van der Waals surface area contributed by atoms with Gasteiger partial charge in [-0.05, 0) is 70.3 Å². The van der Waals surface area contributed by atoms with Gasteiger partial charge in [-0.15, -0.1) is 0 Å². The zero-order valence-electron chi connectivity index (χ0n) is 11.5. The SMILES string of the molecule is CC(C)(C)N1C[C@H](c2ccc(Br)c(Br)c2)[C@@H](C#N)C1. The number of nitrogens with zero attached hydrogens (tertiary/aromatic N) is 2. The molecule has 1 fully saturated rings. The largest absolute Gasteiger partial charge is 0.297 e. The van der Waals surface area contributed by atoms with Gasteiger partial charge in [0, 0.05) is 33.5 Å². The molecule has 0 amide bonds. The van der Waals surface area contributed by atoms with Crippen molar-refractivity contribution >= 4 is 31.9 Å². The third-order valence-corrected chi connectivity index (χ3v) is 5.69. The molecule has 0 saturated carbocycles. The molecule has 19 heavy (non-hydrogen) atoms. The minimum atomic E-state index is 0.0762. The van der Waals surface area contributed by atoms with Gasteiger partial charge in [0.2, 0.25) is 0 Å². The summed E-state index contributed by atoms with van der Waals surface area (Å²) in [6, 6.07) is 8.78. The first-order valence-corrected chi connectivity index (χ1v) is 8.01. The molecular weight excluding hydrogens is 368 g/mol. The van der Waals surface area contributed by atoms with Crippen LogP contribution < -0.4 is 0 Å². The van der Waals surface area contributed by atoms with E-state index >= 15 is 0 Å². The number of hydrogen-bond acceptors (Lipinski definition) is 2. The van der Waals surface area contributed by atoms with E-state index in [4.69, 9.17) is 0 Å². The van der Waals surface area contributed by atoms with E-state index in [1.165, 1.54) is 5.56 Å². The maximum absolute atomic E-state index is 9.41. The van der Waals surface area contributed by atoms with Gasteiger partial charge in [0.15, 0.2) is 0 Å². The molecule has 0 bridgehead atoms. The summed E-state index contributed by atoms with van der Waals surface area (Å²) in [4.78, 5) is 2.40. The Labute approximate surface area is 132 Å². The third kappa shape index (κ3) is 3.21. The normalized spacial score (nSPS) is 24.4. The number of benzene rings is 1. The summed E-state index contributed by atoms with van der Waals surface area (Å²) in [7, 11) is 0. The Balaban J connectivity index is 2.28. The molecule has 1 aliphatic rings. The second-order valence-electron chi connectivity index (χ2n) is 6.09. The molecule has 1 aromatic rings. The van der Waals surface area contributed by atoms with E-state index < -0.39 is 0 Å². The van der Waals surface area contributed by atoms with E-state index in [1.54, 1.807) is 0 Å². The van der Waals surface area contributed by atoms with Crippen molar-refractivity contribution in [2.75, 3.05) is 13.1 Å².